The number of halogens is 1. The van der Waals surface area contributed by atoms with E-state index in [4.69, 9.17) is 5.73 Å². The highest BCUT2D eigenvalue weighted by atomic mass is 35.5. The number of rotatable bonds is 4. The molecule has 4 heteroatoms. The quantitative estimate of drug-likeness (QED) is 0.924. The summed E-state index contributed by atoms with van der Waals surface area (Å²) in [4.78, 5) is 14.5. The Bertz CT molecular complexity index is 504. The third-order valence-electron chi connectivity index (χ3n) is 4.68. The van der Waals surface area contributed by atoms with Gasteiger partial charge in [-0.15, -0.1) is 12.4 Å². The van der Waals surface area contributed by atoms with Crippen molar-refractivity contribution in [2.24, 2.45) is 11.7 Å². The normalized spacial score (nSPS) is 21.4. The highest BCUT2D eigenvalue weighted by molar-refractivity contribution is 5.85. The van der Waals surface area contributed by atoms with E-state index in [1.807, 2.05) is 4.90 Å². The second kappa shape index (κ2) is 8.54. The second-order valence-corrected chi connectivity index (χ2v) is 6.54. The van der Waals surface area contributed by atoms with Crippen LogP contribution in [0.3, 0.4) is 0 Å². The Hall–Kier alpha value is -1.06. The van der Waals surface area contributed by atoms with E-state index in [0.717, 1.165) is 25.8 Å². The summed E-state index contributed by atoms with van der Waals surface area (Å²) in [5.41, 5.74) is 9.69. The number of benzene rings is 1. The SMILES string of the molecule is Cc1ccc(CCC(=O)N2CCC(C)CC2CN)c(C)c1.Cl. The minimum atomic E-state index is 0. The predicted molar refractivity (Wildman–Crippen MR) is 94.4 cm³/mol. The lowest BCUT2D eigenvalue weighted by Gasteiger charge is -2.38. The molecule has 1 aromatic rings. The van der Waals surface area contributed by atoms with Crippen LogP contribution >= 0.6 is 12.4 Å². The number of hydrogen-bond acceptors (Lipinski definition) is 2. The van der Waals surface area contributed by atoms with Gasteiger partial charge in [0.25, 0.3) is 0 Å². The van der Waals surface area contributed by atoms with E-state index >= 15 is 0 Å². The molecule has 1 heterocycles. The number of piperidine rings is 1. The first-order valence-electron chi connectivity index (χ1n) is 8.07. The Morgan fingerprint density at radius 3 is 2.73 bits per heavy atom. The van der Waals surface area contributed by atoms with E-state index in [0.29, 0.717) is 18.9 Å². The van der Waals surface area contributed by atoms with E-state index in [1.54, 1.807) is 0 Å². The van der Waals surface area contributed by atoms with E-state index in [2.05, 4.69) is 39.0 Å². The first-order chi connectivity index (χ1) is 10.0. The van der Waals surface area contributed by atoms with Gasteiger partial charge in [0.05, 0.1) is 0 Å². The van der Waals surface area contributed by atoms with Crippen LogP contribution in [0.15, 0.2) is 18.2 Å². The zero-order valence-corrected chi connectivity index (χ0v) is 14.8. The van der Waals surface area contributed by atoms with Crippen LogP contribution in [0.4, 0.5) is 0 Å². The number of amides is 1. The molecule has 124 valence electrons. The smallest absolute Gasteiger partial charge is 0.223 e. The molecule has 1 saturated heterocycles. The Balaban J connectivity index is 0.00000242. The maximum absolute atomic E-state index is 12.5. The van der Waals surface area contributed by atoms with Crippen LogP contribution in [0.2, 0.25) is 0 Å². The standard InChI is InChI=1S/C18H28N2O.ClH/c1-13-4-5-16(15(3)10-13)6-7-18(21)20-9-8-14(2)11-17(20)12-19;/h4-5,10,14,17H,6-9,11-12,19H2,1-3H3;1H. The fourth-order valence-electron chi connectivity index (χ4n) is 3.31. The molecule has 1 aliphatic heterocycles. The first-order valence-corrected chi connectivity index (χ1v) is 8.07. The summed E-state index contributed by atoms with van der Waals surface area (Å²) in [6, 6.07) is 6.69. The molecule has 2 atom stereocenters. The van der Waals surface area contributed by atoms with Gasteiger partial charge in [-0.05, 0) is 50.2 Å². The van der Waals surface area contributed by atoms with Crippen LogP contribution in [0.5, 0.6) is 0 Å². The molecule has 0 saturated carbocycles. The summed E-state index contributed by atoms with van der Waals surface area (Å²) in [7, 11) is 0. The third kappa shape index (κ3) is 4.72. The molecule has 2 rings (SSSR count). The average Bonchev–Trinajstić information content (AvgIpc) is 2.45. The number of hydrogen-bond donors (Lipinski definition) is 1. The zero-order valence-electron chi connectivity index (χ0n) is 14.0. The van der Waals surface area contributed by atoms with Crippen LogP contribution in [-0.2, 0) is 11.2 Å². The van der Waals surface area contributed by atoms with Crippen molar-refractivity contribution in [3.63, 3.8) is 0 Å². The fourth-order valence-corrected chi connectivity index (χ4v) is 3.31. The molecule has 0 bridgehead atoms. The Morgan fingerprint density at radius 1 is 1.36 bits per heavy atom. The third-order valence-corrected chi connectivity index (χ3v) is 4.68. The van der Waals surface area contributed by atoms with E-state index in [-0.39, 0.29) is 24.4 Å². The van der Waals surface area contributed by atoms with Crippen LogP contribution in [0, 0.1) is 19.8 Å². The number of nitrogens with two attached hydrogens (primary N) is 1. The number of nitrogens with zero attached hydrogens (tertiary/aromatic N) is 1. The van der Waals surface area contributed by atoms with Crippen molar-refractivity contribution in [2.45, 2.75) is 52.5 Å². The minimum Gasteiger partial charge on any atom is -0.338 e. The van der Waals surface area contributed by atoms with Crippen LogP contribution < -0.4 is 5.73 Å². The molecule has 22 heavy (non-hydrogen) atoms. The van der Waals surface area contributed by atoms with Gasteiger partial charge < -0.3 is 10.6 Å². The van der Waals surface area contributed by atoms with E-state index < -0.39 is 0 Å². The molecule has 2 N–H and O–H groups in total. The minimum absolute atomic E-state index is 0. The average molecular weight is 325 g/mol. The van der Waals surface area contributed by atoms with Gasteiger partial charge in [0.2, 0.25) is 5.91 Å². The summed E-state index contributed by atoms with van der Waals surface area (Å²) < 4.78 is 0. The molecule has 0 aliphatic carbocycles. The zero-order chi connectivity index (χ0) is 15.4. The van der Waals surface area contributed by atoms with Gasteiger partial charge in [-0.2, -0.15) is 0 Å². The van der Waals surface area contributed by atoms with Gasteiger partial charge in [0.1, 0.15) is 0 Å². The molecular formula is C18H29ClN2O. The lowest BCUT2D eigenvalue weighted by molar-refractivity contribution is -0.135. The molecular weight excluding hydrogens is 296 g/mol. The van der Waals surface area contributed by atoms with Gasteiger partial charge >= 0.3 is 0 Å². The number of likely N-dealkylation sites (tertiary alicyclic amines) is 1. The summed E-state index contributed by atoms with van der Waals surface area (Å²) in [6.07, 6.45) is 3.57. The van der Waals surface area contributed by atoms with E-state index in [9.17, 15) is 4.79 Å². The van der Waals surface area contributed by atoms with Gasteiger partial charge in [-0.1, -0.05) is 30.7 Å². The maximum Gasteiger partial charge on any atom is 0.223 e. The van der Waals surface area contributed by atoms with Crippen molar-refractivity contribution in [3.8, 4) is 0 Å². The number of carbonyl (C=O) groups excluding carboxylic acids is 1. The lowest BCUT2D eigenvalue weighted by Crippen LogP contribution is -2.49. The van der Waals surface area contributed by atoms with Gasteiger partial charge in [0, 0.05) is 25.6 Å². The molecule has 0 radical (unpaired) electrons. The molecule has 2 unspecified atom stereocenters. The summed E-state index contributed by atoms with van der Waals surface area (Å²) in [5.74, 6) is 0.944. The summed E-state index contributed by atoms with van der Waals surface area (Å²) in [5, 5.41) is 0. The maximum atomic E-state index is 12.5. The van der Waals surface area contributed by atoms with E-state index in [1.165, 1.54) is 16.7 Å². The summed E-state index contributed by atoms with van der Waals surface area (Å²) in [6.45, 7) is 7.93. The molecule has 0 aromatic heterocycles. The Morgan fingerprint density at radius 2 is 2.09 bits per heavy atom. The molecule has 1 aliphatic rings. The second-order valence-electron chi connectivity index (χ2n) is 6.54. The van der Waals surface area contributed by atoms with Crippen LogP contribution in [-0.4, -0.2) is 29.9 Å². The van der Waals surface area contributed by atoms with Gasteiger partial charge in [-0.3, -0.25) is 4.79 Å². The Labute approximate surface area is 140 Å². The van der Waals surface area contributed by atoms with Gasteiger partial charge in [-0.25, -0.2) is 0 Å². The summed E-state index contributed by atoms with van der Waals surface area (Å²) >= 11 is 0. The lowest BCUT2D eigenvalue weighted by atomic mass is 9.92. The van der Waals surface area contributed by atoms with Crippen LogP contribution in [0.1, 0.15) is 42.9 Å². The van der Waals surface area contributed by atoms with Crippen molar-refractivity contribution in [3.05, 3.63) is 34.9 Å². The Kier molecular flexibility index (Phi) is 7.37. The molecule has 0 spiro atoms. The van der Waals surface area contributed by atoms with Crippen molar-refractivity contribution in [1.82, 2.24) is 4.90 Å². The predicted octanol–water partition coefficient (Wildman–Crippen LogP) is 3.24. The van der Waals surface area contributed by atoms with Crippen molar-refractivity contribution < 1.29 is 4.79 Å². The first kappa shape index (κ1) is 19.0. The van der Waals surface area contributed by atoms with Gasteiger partial charge in [0.15, 0.2) is 0 Å². The topological polar surface area (TPSA) is 46.3 Å². The monoisotopic (exact) mass is 324 g/mol. The highest BCUT2D eigenvalue weighted by Gasteiger charge is 2.28. The number of carbonyl (C=O) groups is 1. The van der Waals surface area contributed by atoms with Crippen molar-refractivity contribution in [2.75, 3.05) is 13.1 Å². The molecule has 1 amide bonds. The van der Waals surface area contributed by atoms with Crippen molar-refractivity contribution >= 4 is 18.3 Å². The van der Waals surface area contributed by atoms with Crippen LogP contribution in [0.25, 0.3) is 0 Å². The number of aryl methyl sites for hydroxylation is 3. The van der Waals surface area contributed by atoms with Crippen molar-refractivity contribution in [1.29, 1.82) is 0 Å². The molecule has 3 nitrogen and oxygen atoms in total. The largest absolute Gasteiger partial charge is 0.338 e. The highest BCUT2D eigenvalue weighted by Crippen LogP contribution is 2.23. The molecule has 1 fully saturated rings. The fraction of sp³-hybridized carbons (Fsp3) is 0.611. The molecule has 1 aromatic carbocycles.